The van der Waals surface area contributed by atoms with Crippen LogP contribution in [0.4, 0.5) is 5.69 Å². The molecule has 4 heteroatoms. The first kappa shape index (κ1) is 17.3. The molecule has 0 aliphatic carbocycles. The predicted molar refractivity (Wildman–Crippen MR) is 96.0 cm³/mol. The third-order valence-corrected chi connectivity index (χ3v) is 4.27. The summed E-state index contributed by atoms with van der Waals surface area (Å²) in [4.78, 5) is 27.0. The minimum atomic E-state index is -0.120. The Morgan fingerprint density at radius 2 is 1.83 bits per heavy atom. The van der Waals surface area contributed by atoms with Crippen LogP contribution in [0.2, 0.25) is 0 Å². The zero-order valence-electron chi connectivity index (χ0n) is 14.6. The van der Waals surface area contributed by atoms with Crippen LogP contribution in [-0.4, -0.2) is 10.9 Å². The maximum atomic E-state index is 12.2. The number of hydrogen-bond acceptors (Lipinski definition) is 2. The first-order chi connectivity index (χ1) is 10.8. The lowest BCUT2D eigenvalue weighted by atomic mass is 9.85. The molecule has 1 aromatic heterocycles. The molecule has 0 radical (unpaired) electrons. The number of anilines is 1. The van der Waals surface area contributed by atoms with Crippen LogP contribution in [0.15, 0.2) is 29.1 Å². The Bertz CT molecular complexity index is 765. The van der Waals surface area contributed by atoms with E-state index in [2.05, 4.69) is 31.1 Å². The summed E-state index contributed by atoms with van der Waals surface area (Å²) < 4.78 is 0. The van der Waals surface area contributed by atoms with Gasteiger partial charge in [0, 0.05) is 23.1 Å². The molecule has 0 saturated heterocycles. The lowest BCUT2D eigenvalue weighted by molar-refractivity contribution is -0.120. The molecule has 0 spiro atoms. The average Bonchev–Trinajstić information content (AvgIpc) is 2.46. The fourth-order valence-electron chi connectivity index (χ4n) is 2.86. The van der Waals surface area contributed by atoms with Crippen molar-refractivity contribution in [3.8, 4) is 0 Å². The van der Waals surface area contributed by atoms with Crippen LogP contribution in [0.5, 0.6) is 0 Å². The molecule has 0 bridgehead atoms. The third-order valence-electron chi connectivity index (χ3n) is 4.27. The Morgan fingerprint density at radius 3 is 2.39 bits per heavy atom. The number of amides is 1. The van der Waals surface area contributed by atoms with Crippen LogP contribution >= 0.6 is 0 Å². The van der Waals surface area contributed by atoms with E-state index in [1.54, 1.807) is 6.07 Å². The van der Waals surface area contributed by atoms with Crippen molar-refractivity contribution in [1.82, 2.24) is 4.98 Å². The van der Waals surface area contributed by atoms with E-state index in [1.165, 1.54) is 0 Å². The van der Waals surface area contributed by atoms with Crippen molar-refractivity contribution in [1.29, 1.82) is 0 Å². The summed E-state index contributed by atoms with van der Waals surface area (Å²) in [6, 6.07) is 7.36. The van der Waals surface area contributed by atoms with Crippen LogP contribution in [0.3, 0.4) is 0 Å². The molecule has 4 nitrogen and oxygen atoms in total. The number of rotatable bonds is 4. The Kier molecular flexibility index (Phi) is 4.93. The van der Waals surface area contributed by atoms with Crippen molar-refractivity contribution in [2.24, 2.45) is 5.92 Å². The fraction of sp³-hybridized carbons (Fsp3) is 0.474. The quantitative estimate of drug-likeness (QED) is 0.888. The standard InChI is InChI=1S/C19H26N2O2/c1-6-12(7-2)18(23)20-13-8-9-14-15(19(3,4)5)11-17(22)21-16(14)10-13/h8-12H,6-7H2,1-5H3,(H,20,23)(H,21,22). The first-order valence-corrected chi connectivity index (χ1v) is 8.24. The van der Waals surface area contributed by atoms with Gasteiger partial charge in [-0.15, -0.1) is 0 Å². The number of carbonyl (C=O) groups excluding carboxylic acids is 1. The van der Waals surface area contributed by atoms with Gasteiger partial charge in [-0.25, -0.2) is 0 Å². The minimum Gasteiger partial charge on any atom is -0.326 e. The number of hydrogen-bond donors (Lipinski definition) is 2. The first-order valence-electron chi connectivity index (χ1n) is 8.24. The molecule has 1 heterocycles. The molecule has 2 rings (SSSR count). The number of H-pyrrole nitrogens is 1. The number of carbonyl (C=O) groups is 1. The van der Waals surface area contributed by atoms with E-state index in [9.17, 15) is 9.59 Å². The summed E-state index contributed by atoms with van der Waals surface area (Å²) in [6.45, 7) is 10.3. The summed E-state index contributed by atoms with van der Waals surface area (Å²) in [7, 11) is 0. The summed E-state index contributed by atoms with van der Waals surface area (Å²) in [5, 5.41) is 3.96. The summed E-state index contributed by atoms with van der Waals surface area (Å²) >= 11 is 0. The van der Waals surface area contributed by atoms with Crippen molar-refractivity contribution in [2.75, 3.05) is 5.32 Å². The zero-order valence-corrected chi connectivity index (χ0v) is 14.6. The molecule has 0 fully saturated rings. The van der Waals surface area contributed by atoms with E-state index >= 15 is 0 Å². The molecule has 0 aliphatic heterocycles. The van der Waals surface area contributed by atoms with Crippen LogP contribution in [0, 0.1) is 5.92 Å². The van der Waals surface area contributed by atoms with Gasteiger partial charge in [0.25, 0.3) is 0 Å². The van der Waals surface area contributed by atoms with E-state index in [-0.39, 0.29) is 22.8 Å². The zero-order chi connectivity index (χ0) is 17.2. The fourth-order valence-corrected chi connectivity index (χ4v) is 2.86. The average molecular weight is 314 g/mol. The van der Waals surface area contributed by atoms with E-state index < -0.39 is 0 Å². The van der Waals surface area contributed by atoms with Crippen molar-refractivity contribution in [2.45, 2.75) is 52.9 Å². The van der Waals surface area contributed by atoms with Crippen LogP contribution < -0.4 is 10.9 Å². The molecule has 0 saturated carbocycles. The monoisotopic (exact) mass is 314 g/mol. The Morgan fingerprint density at radius 1 is 1.17 bits per heavy atom. The maximum Gasteiger partial charge on any atom is 0.248 e. The number of pyridine rings is 1. The third kappa shape index (κ3) is 3.81. The molecule has 0 atom stereocenters. The lowest BCUT2D eigenvalue weighted by Crippen LogP contribution is -2.22. The largest absolute Gasteiger partial charge is 0.326 e. The number of fused-ring (bicyclic) bond motifs is 1. The Hall–Kier alpha value is -2.10. The maximum absolute atomic E-state index is 12.2. The van der Waals surface area contributed by atoms with Crippen molar-refractivity contribution < 1.29 is 4.79 Å². The summed E-state index contributed by atoms with van der Waals surface area (Å²) in [6.07, 6.45) is 1.64. The predicted octanol–water partition coefficient (Wildman–Crippen LogP) is 4.20. The molecular formula is C19H26N2O2. The molecule has 1 amide bonds. The molecular weight excluding hydrogens is 288 g/mol. The van der Waals surface area contributed by atoms with Crippen molar-refractivity contribution in [3.05, 3.63) is 40.2 Å². The van der Waals surface area contributed by atoms with Gasteiger partial charge in [-0.2, -0.15) is 0 Å². The summed E-state index contributed by atoms with van der Waals surface area (Å²) in [5.74, 6) is 0.0503. The highest BCUT2D eigenvalue weighted by Crippen LogP contribution is 2.29. The van der Waals surface area contributed by atoms with E-state index in [0.29, 0.717) is 0 Å². The van der Waals surface area contributed by atoms with Crippen molar-refractivity contribution >= 4 is 22.5 Å². The van der Waals surface area contributed by atoms with Crippen LogP contribution in [0.25, 0.3) is 10.9 Å². The molecule has 2 aromatic rings. The Labute approximate surface area is 137 Å². The van der Waals surface area contributed by atoms with Gasteiger partial charge in [-0.05, 0) is 36.0 Å². The van der Waals surface area contributed by atoms with Gasteiger partial charge < -0.3 is 10.3 Å². The van der Waals surface area contributed by atoms with Crippen molar-refractivity contribution in [3.63, 3.8) is 0 Å². The minimum absolute atomic E-state index is 0.0191. The van der Waals surface area contributed by atoms with Gasteiger partial charge in [0.2, 0.25) is 11.5 Å². The van der Waals surface area contributed by atoms with Gasteiger partial charge >= 0.3 is 0 Å². The SMILES string of the molecule is CCC(CC)C(=O)Nc1ccc2c(C(C)(C)C)cc(=O)[nH]c2c1. The number of aromatic amines is 1. The smallest absolute Gasteiger partial charge is 0.248 e. The second-order valence-electron chi connectivity index (χ2n) is 7.06. The van der Waals surface area contributed by atoms with E-state index in [0.717, 1.165) is 35.0 Å². The highest BCUT2D eigenvalue weighted by atomic mass is 16.2. The topological polar surface area (TPSA) is 62.0 Å². The lowest BCUT2D eigenvalue weighted by Gasteiger charge is -2.21. The van der Waals surface area contributed by atoms with E-state index in [4.69, 9.17) is 0 Å². The normalized spacial score (nSPS) is 11.9. The Balaban J connectivity index is 2.44. The van der Waals surface area contributed by atoms with Gasteiger partial charge in [0.1, 0.15) is 0 Å². The number of aromatic nitrogens is 1. The molecule has 2 N–H and O–H groups in total. The second kappa shape index (κ2) is 6.57. The van der Waals surface area contributed by atoms with Gasteiger partial charge in [0.05, 0.1) is 5.52 Å². The molecule has 1 aromatic carbocycles. The van der Waals surface area contributed by atoms with Crippen LogP contribution in [-0.2, 0) is 10.2 Å². The van der Waals surface area contributed by atoms with E-state index in [1.807, 2.05) is 32.0 Å². The number of nitrogens with one attached hydrogen (secondary N) is 2. The molecule has 0 unspecified atom stereocenters. The highest BCUT2D eigenvalue weighted by Gasteiger charge is 2.19. The van der Waals surface area contributed by atoms with Crippen LogP contribution in [0.1, 0.15) is 53.0 Å². The second-order valence-corrected chi connectivity index (χ2v) is 7.06. The summed E-state index contributed by atoms with van der Waals surface area (Å²) in [5.41, 5.74) is 2.24. The highest BCUT2D eigenvalue weighted by molar-refractivity contribution is 5.95. The van der Waals surface area contributed by atoms with Gasteiger partial charge in [0.15, 0.2) is 0 Å². The molecule has 0 aliphatic rings. The number of benzene rings is 1. The van der Waals surface area contributed by atoms with Gasteiger partial charge in [-0.1, -0.05) is 40.7 Å². The van der Waals surface area contributed by atoms with Gasteiger partial charge in [-0.3, -0.25) is 9.59 Å². The molecule has 124 valence electrons. The molecule has 23 heavy (non-hydrogen) atoms.